The third kappa shape index (κ3) is 3.29. The molecule has 0 saturated heterocycles. The smallest absolute Gasteiger partial charge is 0.332 e. The van der Waals surface area contributed by atoms with Crippen LogP contribution in [0.3, 0.4) is 0 Å². The van der Waals surface area contributed by atoms with E-state index in [0.29, 0.717) is 11.8 Å². The number of aromatic nitrogens is 2. The fourth-order valence-corrected chi connectivity index (χ4v) is 0.905. The summed E-state index contributed by atoms with van der Waals surface area (Å²) in [6.07, 6.45) is 2.70. The molecule has 1 aromatic heterocycles. The highest BCUT2D eigenvalue weighted by atomic mass is 16.4. The van der Waals surface area contributed by atoms with E-state index in [4.69, 9.17) is 10.2 Å². The molecule has 0 saturated carbocycles. The summed E-state index contributed by atoms with van der Waals surface area (Å²) in [6, 6.07) is 1.31. The SMILES string of the molecule is O=C(O)/C=C(\O)c1cc(/C=C/C(=O)O)[nH]n1. The van der Waals surface area contributed by atoms with Crippen LogP contribution >= 0.6 is 0 Å². The minimum Gasteiger partial charge on any atom is -0.505 e. The second kappa shape index (κ2) is 4.78. The summed E-state index contributed by atoms with van der Waals surface area (Å²) < 4.78 is 0. The first kappa shape index (κ1) is 11.5. The average Bonchev–Trinajstić information content (AvgIpc) is 2.61. The van der Waals surface area contributed by atoms with E-state index in [9.17, 15) is 14.7 Å². The monoisotopic (exact) mass is 224 g/mol. The van der Waals surface area contributed by atoms with E-state index in [1.54, 1.807) is 0 Å². The van der Waals surface area contributed by atoms with Crippen LogP contribution in [0.25, 0.3) is 11.8 Å². The quantitative estimate of drug-likeness (QED) is 0.436. The molecule has 0 atom stereocenters. The number of carboxylic acid groups (broad SMARTS) is 2. The van der Waals surface area contributed by atoms with Crippen LogP contribution < -0.4 is 0 Å². The summed E-state index contributed by atoms with van der Waals surface area (Å²) in [4.78, 5) is 20.4. The number of rotatable bonds is 4. The molecular weight excluding hydrogens is 216 g/mol. The molecule has 0 fully saturated rings. The molecule has 0 aromatic carbocycles. The van der Waals surface area contributed by atoms with E-state index >= 15 is 0 Å². The van der Waals surface area contributed by atoms with Gasteiger partial charge in [0.15, 0.2) is 0 Å². The topological polar surface area (TPSA) is 124 Å². The number of aromatic amines is 1. The fourth-order valence-electron chi connectivity index (χ4n) is 0.905. The number of carbonyl (C=O) groups is 2. The Bertz CT molecular complexity index is 472. The standard InChI is InChI=1S/C9H8N2O5/c12-7(4-9(15)16)6-3-5(10-11-6)1-2-8(13)14/h1-4,12H,(H,10,11)(H,13,14)(H,15,16)/b2-1+,7-4-. The molecule has 0 aliphatic heterocycles. The first-order valence-corrected chi connectivity index (χ1v) is 4.09. The van der Waals surface area contributed by atoms with Crippen molar-refractivity contribution < 1.29 is 24.9 Å². The van der Waals surface area contributed by atoms with Crippen molar-refractivity contribution in [1.29, 1.82) is 0 Å². The summed E-state index contributed by atoms with van der Waals surface area (Å²) in [5.41, 5.74) is 0.357. The van der Waals surface area contributed by atoms with Crippen LogP contribution in [0.5, 0.6) is 0 Å². The number of nitrogens with zero attached hydrogens (tertiary/aromatic N) is 1. The molecule has 7 nitrogen and oxygen atoms in total. The fraction of sp³-hybridized carbons (Fsp3) is 0. The third-order valence-corrected chi connectivity index (χ3v) is 1.53. The van der Waals surface area contributed by atoms with Gasteiger partial charge >= 0.3 is 11.9 Å². The van der Waals surface area contributed by atoms with Gasteiger partial charge in [-0.15, -0.1) is 0 Å². The van der Waals surface area contributed by atoms with E-state index in [2.05, 4.69) is 10.2 Å². The molecule has 4 N–H and O–H groups in total. The van der Waals surface area contributed by atoms with Gasteiger partial charge in [0, 0.05) is 6.08 Å². The highest BCUT2D eigenvalue weighted by molar-refractivity contribution is 5.88. The summed E-state index contributed by atoms with van der Waals surface area (Å²) in [7, 11) is 0. The second-order valence-corrected chi connectivity index (χ2v) is 2.75. The largest absolute Gasteiger partial charge is 0.505 e. The maximum atomic E-state index is 10.2. The van der Waals surface area contributed by atoms with Crippen LogP contribution in [-0.2, 0) is 9.59 Å². The van der Waals surface area contributed by atoms with Gasteiger partial charge in [0.1, 0.15) is 11.5 Å². The molecule has 0 spiro atoms. The van der Waals surface area contributed by atoms with Crippen LogP contribution in [0.15, 0.2) is 18.2 Å². The van der Waals surface area contributed by atoms with Gasteiger partial charge in [-0.25, -0.2) is 9.59 Å². The van der Waals surface area contributed by atoms with E-state index in [0.717, 1.165) is 6.08 Å². The molecule has 0 radical (unpaired) electrons. The molecule has 1 heterocycles. The van der Waals surface area contributed by atoms with Crippen molar-refractivity contribution in [3.63, 3.8) is 0 Å². The van der Waals surface area contributed by atoms with Gasteiger partial charge in [-0.2, -0.15) is 5.10 Å². The Labute approximate surface area is 89.3 Å². The molecule has 0 amide bonds. The zero-order valence-corrected chi connectivity index (χ0v) is 7.91. The molecule has 7 heteroatoms. The van der Waals surface area contributed by atoms with Gasteiger partial charge in [-0.05, 0) is 12.1 Å². The summed E-state index contributed by atoms with van der Waals surface area (Å²) in [5.74, 6) is -2.94. The lowest BCUT2D eigenvalue weighted by molar-refractivity contribution is -0.132. The maximum absolute atomic E-state index is 10.2. The number of aliphatic hydroxyl groups excluding tert-OH is 1. The van der Waals surface area contributed by atoms with Crippen molar-refractivity contribution >= 4 is 23.8 Å². The molecule has 16 heavy (non-hydrogen) atoms. The van der Waals surface area contributed by atoms with Crippen LogP contribution in [-0.4, -0.2) is 37.5 Å². The Balaban J connectivity index is 2.87. The second-order valence-electron chi connectivity index (χ2n) is 2.75. The number of aliphatic carboxylic acids is 2. The van der Waals surface area contributed by atoms with Gasteiger partial charge in [0.05, 0.1) is 11.8 Å². The Hall–Kier alpha value is -2.57. The average molecular weight is 224 g/mol. The first-order chi connectivity index (χ1) is 7.49. The number of H-pyrrole nitrogens is 1. The van der Waals surface area contributed by atoms with E-state index in [1.165, 1.54) is 12.1 Å². The number of carboxylic acids is 2. The number of hydrogen-bond donors (Lipinski definition) is 4. The minimum absolute atomic E-state index is 0.0208. The van der Waals surface area contributed by atoms with Crippen LogP contribution in [0, 0.1) is 0 Å². The molecule has 1 aromatic rings. The Morgan fingerprint density at radius 3 is 2.50 bits per heavy atom. The maximum Gasteiger partial charge on any atom is 0.332 e. The van der Waals surface area contributed by atoms with Crippen molar-refractivity contribution in [2.45, 2.75) is 0 Å². The lowest BCUT2D eigenvalue weighted by Crippen LogP contribution is -1.91. The number of aliphatic hydroxyl groups is 1. The minimum atomic E-state index is -1.30. The number of hydrogen-bond acceptors (Lipinski definition) is 4. The van der Waals surface area contributed by atoms with Crippen molar-refractivity contribution in [1.82, 2.24) is 10.2 Å². The van der Waals surface area contributed by atoms with Gasteiger partial charge in [-0.1, -0.05) is 0 Å². The summed E-state index contributed by atoms with van der Waals surface area (Å²) >= 11 is 0. The molecule has 0 bridgehead atoms. The van der Waals surface area contributed by atoms with E-state index < -0.39 is 17.7 Å². The highest BCUT2D eigenvalue weighted by Gasteiger charge is 2.05. The van der Waals surface area contributed by atoms with Gasteiger partial charge in [0.25, 0.3) is 0 Å². The molecule has 0 aliphatic rings. The van der Waals surface area contributed by atoms with Crippen LogP contribution in [0.4, 0.5) is 0 Å². The highest BCUT2D eigenvalue weighted by Crippen LogP contribution is 2.10. The van der Waals surface area contributed by atoms with Crippen molar-refractivity contribution in [2.24, 2.45) is 0 Å². The lowest BCUT2D eigenvalue weighted by atomic mass is 10.3. The molecular formula is C9H8N2O5. The van der Waals surface area contributed by atoms with Gasteiger partial charge in [0.2, 0.25) is 0 Å². The van der Waals surface area contributed by atoms with Gasteiger partial charge in [-0.3, -0.25) is 5.10 Å². The zero-order valence-electron chi connectivity index (χ0n) is 7.91. The summed E-state index contributed by atoms with van der Waals surface area (Å²) in [6.45, 7) is 0. The lowest BCUT2D eigenvalue weighted by Gasteiger charge is -1.89. The predicted molar refractivity (Wildman–Crippen MR) is 53.5 cm³/mol. The van der Waals surface area contributed by atoms with E-state index in [1.807, 2.05) is 0 Å². The summed E-state index contributed by atoms with van der Waals surface area (Å²) in [5, 5.41) is 32.0. The Morgan fingerprint density at radius 2 is 1.94 bits per heavy atom. The predicted octanol–water partition coefficient (Wildman–Crippen LogP) is 0.491. The van der Waals surface area contributed by atoms with Crippen LogP contribution in [0.2, 0.25) is 0 Å². The van der Waals surface area contributed by atoms with Crippen LogP contribution in [0.1, 0.15) is 11.4 Å². The normalized spacial score (nSPS) is 11.9. The molecule has 84 valence electrons. The Kier molecular flexibility index (Phi) is 3.44. The van der Waals surface area contributed by atoms with E-state index in [-0.39, 0.29) is 5.69 Å². The number of nitrogens with one attached hydrogen (secondary N) is 1. The third-order valence-electron chi connectivity index (χ3n) is 1.53. The Morgan fingerprint density at radius 1 is 1.25 bits per heavy atom. The molecule has 0 aliphatic carbocycles. The van der Waals surface area contributed by atoms with Crippen molar-refractivity contribution in [3.05, 3.63) is 29.6 Å². The van der Waals surface area contributed by atoms with Crippen molar-refractivity contribution in [2.75, 3.05) is 0 Å². The van der Waals surface area contributed by atoms with Gasteiger partial charge < -0.3 is 15.3 Å². The zero-order chi connectivity index (χ0) is 12.1. The molecule has 0 unspecified atom stereocenters. The molecule has 1 rings (SSSR count). The first-order valence-electron chi connectivity index (χ1n) is 4.09. The van der Waals surface area contributed by atoms with Crippen molar-refractivity contribution in [3.8, 4) is 0 Å².